The third-order valence-corrected chi connectivity index (χ3v) is 5.07. The van der Waals surface area contributed by atoms with Crippen molar-refractivity contribution in [2.75, 3.05) is 0 Å². The summed E-state index contributed by atoms with van der Waals surface area (Å²) < 4.78 is 38.9. The monoisotopic (exact) mass is 432 g/mol. The third kappa shape index (κ3) is 4.86. The molecular formula is C26H19F3N2O. The summed E-state index contributed by atoms with van der Waals surface area (Å²) in [4.78, 5) is 17.0. The van der Waals surface area contributed by atoms with E-state index in [2.05, 4.69) is 10.3 Å². The van der Waals surface area contributed by atoms with Gasteiger partial charge >= 0.3 is 6.18 Å². The molecule has 32 heavy (non-hydrogen) atoms. The number of rotatable bonds is 5. The van der Waals surface area contributed by atoms with Crippen LogP contribution in [0.1, 0.15) is 33.1 Å². The van der Waals surface area contributed by atoms with Gasteiger partial charge < -0.3 is 5.32 Å². The van der Waals surface area contributed by atoms with Crippen molar-refractivity contribution < 1.29 is 18.0 Å². The van der Waals surface area contributed by atoms with E-state index in [1.165, 1.54) is 0 Å². The molecule has 1 heterocycles. The second kappa shape index (κ2) is 9.06. The van der Waals surface area contributed by atoms with Crippen LogP contribution < -0.4 is 5.32 Å². The number of benzene rings is 3. The molecule has 0 bridgehead atoms. The van der Waals surface area contributed by atoms with E-state index in [1.54, 1.807) is 24.3 Å². The van der Waals surface area contributed by atoms with E-state index in [1.807, 2.05) is 60.7 Å². The zero-order valence-electron chi connectivity index (χ0n) is 16.9. The number of hydrogen-bond donors (Lipinski definition) is 1. The number of carbonyl (C=O) groups excluding carboxylic acids is 1. The maximum Gasteiger partial charge on any atom is 0.416 e. The Hall–Kier alpha value is -3.93. The number of hydrogen-bond acceptors (Lipinski definition) is 2. The number of aromatic nitrogens is 1. The predicted octanol–water partition coefficient (Wildman–Crippen LogP) is 6.29. The molecule has 160 valence electrons. The molecule has 4 rings (SSSR count). The van der Waals surface area contributed by atoms with Gasteiger partial charge in [-0.25, -0.2) is 0 Å². The quantitative estimate of drug-likeness (QED) is 0.403. The number of carbonyl (C=O) groups is 1. The lowest BCUT2D eigenvalue weighted by Crippen LogP contribution is -2.29. The maximum atomic E-state index is 13.0. The summed E-state index contributed by atoms with van der Waals surface area (Å²) in [6, 6.07) is 27.2. The van der Waals surface area contributed by atoms with Crippen LogP contribution in [0, 0.1) is 0 Å². The molecule has 0 saturated carbocycles. The highest BCUT2D eigenvalue weighted by atomic mass is 19.4. The standard InChI is InChI=1S/C26H19F3N2O/c27-26(28,29)22-15-16-30-23(17-22)18-11-13-21(14-12-18)25(32)31-24(19-7-3-1-4-8-19)20-9-5-2-6-10-20/h1-17,24H,(H,31,32). The van der Waals surface area contributed by atoms with Gasteiger partial charge in [-0.2, -0.15) is 13.2 Å². The summed E-state index contributed by atoms with van der Waals surface area (Å²) in [5.74, 6) is -0.286. The molecule has 3 nitrogen and oxygen atoms in total. The average molecular weight is 432 g/mol. The molecular weight excluding hydrogens is 413 g/mol. The van der Waals surface area contributed by atoms with Crippen molar-refractivity contribution in [1.29, 1.82) is 0 Å². The van der Waals surface area contributed by atoms with Gasteiger partial charge in [0.25, 0.3) is 5.91 Å². The Morgan fingerprint density at radius 1 is 0.781 bits per heavy atom. The van der Waals surface area contributed by atoms with Crippen molar-refractivity contribution in [2.45, 2.75) is 12.2 Å². The Morgan fingerprint density at radius 2 is 1.34 bits per heavy atom. The van der Waals surface area contributed by atoms with Crippen LogP contribution in [0.2, 0.25) is 0 Å². The van der Waals surface area contributed by atoms with Gasteiger partial charge in [-0.15, -0.1) is 0 Å². The van der Waals surface area contributed by atoms with E-state index in [0.29, 0.717) is 11.1 Å². The number of alkyl halides is 3. The molecule has 0 saturated heterocycles. The molecule has 0 aliphatic rings. The normalized spacial score (nSPS) is 11.4. The molecule has 0 aliphatic heterocycles. The van der Waals surface area contributed by atoms with E-state index in [4.69, 9.17) is 0 Å². The molecule has 3 aromatic carbocycles. The van der Waals surface area contributed by atoms with E-state index in [0.717, 1.165) is 29.5 Å². The Kier molecular flexibility index (Phi) is 6.03. The summed E-state index contributed by atoms with van der Waals surface area (Å²) in [6.07, 6.45) is -3.31. The second-order valence-corrected chi connectivity index (χ2v) is 7.23. The fourth-order valence-electron chi connectivity index (χ4n) is 3.42. The summed E-state index contributed by atoms with van der Waals surface area (Å²) in [5.41, 5.74) is 2.21. The molecule has 4 aromatic rings. The van der Waals surface area contributed by atoms with E-state index >= 15 is 0 Å². The van der Waals surface area contributed by atoms with Crippen molar-refractivity contribution in [3.05, 3.63) is 126 Å². The lowest BCUT2D eigenvalue weighted by Gasteiger charge is -2.20. The zero-order chi connectivity index (χ0) is 22.6. The SMILES string of the molecule is O=C(NC(c1ccccc1)c1ccccc1)c1ccc(-c2cc(C(F)(F)F)ccn2)cc1. The van der Waals surface area contributed by atoms with Crippen molar-refractivity contribution in [3.63, 3.8) is 0 Å². The van der Waals surface area contributed by atoms with E-state index in [9.17, 15) is 18.0 Å². The number of halogens is 3. The Bertz CT molecular complexity index is 1150. The molecule has 0 aliphatic carbocycles. The first-order valence-corrected chi connectivity index (χ1v) is 9.96. The first kappa shape index (κ1) is 21.3. The van der Waals surface area contributed by atoms with Gasteiger partial charge in [0.15, 0.2) is 0 Å². The molecule has 0 fully saturated rings. The van der Waals surface area contributed by atoms with Gasteiger partial charge in [-0.05, 0) is 35.4 Å². The molecule has 1 amide bonds. The highest BCUT2D eigenvalue weighted by Crippen LogP contribution is 2.31. The fraction of sp³-hybridized carbons (Fsp3) is 0.0769. The van der Waals surface area contributed by atoms with E-state index in [-0.39, 0.29) is 17.6 Å². The molecule has 1 N–H and O–H groups in total. The topological polar surface area (TPSA) is 42.0 Å². The van der Waals surface area contributed by atoms with Gasteiger partial charge in [0, 0.05) is 17.3 Å². The maximum absolute atomic E-state index is 13.0. The third-order valence-electron chi connectivity index (χ3n) is 5.07. The van der Waals surface area contributed by atoms with Crippen LogP contribution in [-0.4, -0.2) is 10.9 Å². The largest absolute Gasteiger partial charge is 0.416 e. The van der Waals surface area contributed by atoms with Gasteiger partial charge in [-0.1, -0.05) is 72.8 Å². The van der Waals surface area contributed by atoms with Gasteiger partial charge in [-0.3, -0.25) is 9.78 Å². The minimum absolute atomic E-state index is 0.193. The summed E-state index contributed by atoms with van der Waals surface area (Å²) in [7, 11) is 0. The summed E-state index contributed by atoms with van der Waals surface area (Å²) >= 11 is 0. The second-order valence-electron chi connectivity index (χ2n) is 7.23. The van der Waals surface area contributed by atoms with Crippen LogP contribution in [0.3, 0.4) is 0 Å². The lowest BCUT2D eigenvalue weighted by molar-refractivity contribution is -0.137. The van der Waals surface area contributed by atoms with Crippen molar-refractivity contribution >= 4 is 5.91 Å². The van der Waals surface area contributed by atoms with Crippen LogP contribution in [0.4, 0.5) is 13.2 Å². The van der Waals surface area contributed by atoms with Crippen molar-refractivity contribution in [2.24, 2.45) is 0 Å². The predicted molar refractivity (Wildman–Crippen MR) is 117 cm³/mol. The molecule has 0 unspecified atom stereocenters. The number of amides is 1. The molecule has 0 atom stereocenters. The minimum atomic E-state index is -4.44. The number of nitrogens with zero attached hydrogens (tertiary/aromatic N) is 1. The molecule has 6 heteroatoms. The summed E-state index contributed by atoms with van der Waals surface area (Å²) in [6.45, 7) is 0. The zero-order valence-corrected chi connectivity index (χ0v) is 16.9. The molecule has 0 radical (unpaired) electrons. The number of nitrogens with one attached hydrogen (secondary N) is 1. The Morgan fingerprint density at radius 3 is 1.88 bits per heavy atom. The number of pyridine rings is 1. The van der Waals surface area contributed by atoms with Crippen LogP contribution in [0.25, 0.3) is 11.3 Å². The van der Waals surface area contributed by atoms with Gasteiger partial charge in [0.2, 0.25) is 0 Å². The van der Waals surface area contributed by atoms with Crippen LogP contribution in [0.5, 0.6) is 0 Å². The smallest absolute Gasteiger partial charge is 0.341 e. The first-order chi connectivity index (χ1) is 15.4. The summed E-state index contributed by atoms with van der Waals surface area (Å²) in [5, 5.41) is 3.05. The van der Waals surface area contributed by atoms with E-state index < -0.39 is 11.7 Å². The first-order valence-electron chi connectivity index (χ1n) is 9.96. The molecule has 0 spiro atoms. The van der Waals surface area contributed by atoms with Crippen molar-refractivity contribution in [1.82, 2.24) is 10.3 Å². The van der Waals surface area contributed by atoms with Crippen LogP contribution in [0.15, 0.2) is 103 Å². The lowest BCUT2D eigenvalue weighted by atomic mass is 9.98. The van der Waals surface area contributed by atoms with Crippen LogP contribution in [-0.2, 0) is 6.18 Å². The van der Waals surface area contributed by atoms with Gasteiger partial charge in [0.1, 0.15) is 0 Å². The fourth-order valence-corrected chi connectivity index (χ4v) is 3.42. The Labute approximate surface area is 183 Å². The minimum Gasteiger partial charge on any atom is -0.341 e. The van der Waals surface area contributed by atoms with Crippen LogP contribution >= 0.6 is 0 Å². The van der Waals surface area contributed by atoms with Crippen molar-refractivity contribution in [3.8, 4) is 11.3 Å². The highest BCUT2D eigenvalue weighted by molar-refractivity contribution is 5.95. The average Bonchev–Trinajstić information content (AvgIpc) is 2.83. The molecule has 1 aromatic heterocycles. The highest BCUT2D eigenvalue weighted by Gasteiger charge is 2.30. The Balaban J connectivity index is 1.57. The van der Waals surface area contributed by atoms with Gasteiger partial charge in [0.05, 0.1) is 17.3 Å².